The fourth-order valence-electron chi connectivity index (χ4n) is 3.18. The van der Waals surface area contributed by atoms with Crippen LogP contribution in [0.15, 0.2) is 46.2 Å². The van der Waals surface area contributed by atoms with Gasteiger partial charge in [0.05, 0.1) is 29.5 Å². The fourth-order valence-corrected chi connectivity index (χ4v) is 3.18. The van der Waals surface area contributed by atoms with E-state index in [4.69, 9.17) is 4.52 Å². The number of hydrogen-bond acceptors (Lipinski definition) is 5. The van der Waals surface area contributed by atoms with Gasteiger partial charge in [-0.25, -0.2) is 4.98 Å². The zero-order chi connectivity index (χ0) is 17.2. The number of nitrogens with zero attached hydrogens (tertiary/aromatic N) is 4. The maximum absolute atomic E-state index is 12.4. The van der Waals surface area contributed by atoms with Crippen LogP contribution < -0.4 is 5.56 Å². The standard InChI is InChI=1S/C18H18N4O3/c23-17(21-9-7-15-13(10-21)11-25-20-15)6-3-8-22-12-19-16-5-2-1-4-14(16)18(22)24/h1-2,4-5,11-12H,3,6-10H2. The van der Waals surface area contributed by atoms with E-state index < -0.39 is 0 Å². The summed E-state index contributed by atoms with van der Waals surface area (Å²) in [6.45, 7) is 1.69. The normalized spacial score (nSPS) is 13.8. The highest BCUT2D eigenvalue weighted by Gasteiger charge is 2.22. The lowest BCUT2D eigenvalue weighted by atomic mass is 10.1. The highest BCUT2D eigenvalue weighted by molar-refractivity contribution is 5.77. The minimum Gasteiger partial charge on any atom is -0.364 e. The molecule has 0 spiro atoms. The molecule has 0 aliphatic carbocycles. The smallest absolute Gasteiger partial charge is 0.261 e. The molecule has 7 nitrogen and oxygen atoms in total. The predicted molar refractivity (Wildman–Crippen MR) is 90.9 cm³/mol. The molecule has 2 aromatic heterocycles. The molecule has 1 aromatic carbocycles. The van der Waals surface area contributed by atoms with E-state index in [1.807, 2.05) is 23.1 Å². The number of rotatable bonds is 4. The number of fused-ring (bicyclic) bond motifs is 2. The zero-order valence-corrected chi connectivity index (χ0v) is 13.7. The van der Waals surface area contributed by atoms with Gasteiger partial charge in [-0.05, 0) is 18.6 Å². The number of aryl methyl sites for hydroxylation is 1. The summed E-state index contributed by atoms with van der Waals surface area (Å²) in [5, 5.41) is 4.53. The molecule has 1 amide bonds. The summed E-state index contributed by atoms with van der Waals surface area (Å²) in [7, 11) is 0. The van der Waals surface area contributed by atoms with E-state index in [0.29, 0.717) is 43.4 Å². The van der Waals surface area contributed by atoms with Gasteiger partial charge in [0.2, 0.25) is 5.91 Å². The van der Waals surface area contributed by atoms with Crippen molar-refractivity contribution in [3.63, 3.8) is 0 Å². The Hall–Kier alpha value is -2.96. The molecule has 1 aliphatic heterocycles. The molecule has 4 rings (SSSR count). The van der Waals surface area contributed by atoms with E-state index in [-0.39, 0.29) is 11.5 Å². The number of para-hydroxylation sites is 1. The van der Waals surface area contributed by atoms with Crippen molar-refractivity contribution >= 4 is 16.8 Å². The van der Waals surface area contributed by atoms with Gasteiger partial charge in [0.15, 0.2) is 0 Å². The Morgan fingerprint density at radius 3 is 3.08 bits per heavy atom. The summed E-state index contributed by atoms with van der Waals surface area (Å²) < 4.78 is 6.52. The summed E-state index contributed by atoms with van der Waals surface area (Å²) >= 11 is 0. The average molecular weight is 338 g/mol. The maximum atomic E-state index is 12.4. The van der Waals surface area contributed by atoms with Crippen LogP contribution in [-0.2, 0) is 24.3 Å². The van der Waals surface area contributed by atoms with E-state index in [9.17, 15) is 9.59 Å². The van der Waals surface area contributed by atoms with Crippen molar-refractivity contribution in [2.75, 3.05) is 6.54 Å². The molecule has 3 aromatic rings. The molecular weight excluding hydrogens is 320 g/mol. The lowest BCUT2D eigenvalue weighted by Gasteiger charge is -2.25. The van der Waals surface area contributed by atoms with E-state index in [1.165, 1.54) is 0 Å². The molecule has 0 N–H and O–H groups in total. The molecule has 0 saturated heterocycles. The number of carbonyl (C=O) groups excluding carboxylic acids is 1. The van der Waals surface area contributed by atoms with Crippen LogP contribution >= 0.6 is 0 Å². The van der Waals surface area contributed by atoms with Crippen molar-refractivity contribution in [1.82, 2.24) is 19.6 Å². The highest BCUT2D eigenvalue weighted by Crippen LogP contribution is 2.18. The Labute approximate surface area is 143 Å². The van der Waals surface area contributed by atoms with Gasteiger partial charge in [0, 0.05) is 31.5 Å². The minimum atomic E-state index is -0.0647. The second kappa shape index (κ2) is 6.51. The van der Waals surface area contributed by atoms with Crippen molar-refractivity contribution in [2.45, 2.75) is 32.4 Å². The van der Waals surface area contributed by atoms with Crippen LogP contribution in [0.5, 0.6) is 0 Å². The monoisotopic (exact) mass is 338 g/mol. The number of benzene rings is 1. The second-order valence-electron chi connectivity index (χ2n) is 6.22. The van der Waals surface area contributed by atoms with Crippen LogP contribution in [0, 0.1) is 0 Å². The Kier molecular flexibility index (Phi) is 4.05. The number of hydrogen-bond donors (Lipinski definition) is 0. The summed E-state index contributed by atoms with van der Waals surface area (Å²) in [4.78, 5) is 30.9. The van der Waals surface area contributed by atoms with Gasteiger partial charge in [0.25, 0.3) is 5.56 Å². The summed E-state index contributed by atoms with van der Waals surface area (Å²) in [5.74, 6) is 0.0913. The van der Waals surface area contributed by atoms with Crippen LogP contribution in [0.1, 0.15) is 24.1 Å². The van der Waals surface area contributed by atoms with Crippen LogP contribution in [0.4, 0.5) is 0 Å². The van der Waals surface area contributed by atoms with Crippen molar-refractivity contribution in [1.29, 1.82) is 0 Å². The Bertz CT molecular complexity index is 976. The van der Waals surface area contributed by atoms with Crippen LogP contribution in [0.25, 0.3) is 10.9 Å². The van der Waals surface area contributed by atoms with Gasteiger partial charge in [-0.2, -0.15) is 0 Å². The summed E-state index contributed by atoms with van der Waals surface area (Å²) in [5.41, 5.74) is 2.55. The van der Waals surface area contributed by atoms with Crippen LogP contribution in [-0.4, -0.2) is 32.1 Å². The quantitative estimate of drug-likeness (QED) is 0.724. The lowest BCUT2D eigenvalue weighted by molar-refractivity contribution is -0.132. The van der Waals surface area contributed by atoms with Gasteiger partial charge in [-0.1, -0.05) is 17.3 Å². The Morgan fingerprint density at radius 1 is 1.28 bits per heavy atom. The third-order valence-corrected chi connectivity index (χ3v) is 4.58. The average Bonchev–Trinajstić information content (AvgIpc) is 3.11. The molecular formula is C18H18N4O3. The highest BCUT2D eigenvalue weighted by atomic mass is 16.5. The zero-order valence-electron chi connectivity index (χ0n) is 13.7. The van der Waals surface area contributed by atoms with E-state index >= 15 is 0 Å². The fraction of sp³-hybridized carbons (Fsp3) is 0.333. The first kappa shape index (κ1) is 15.6. The number of carbonyl (C=O) groups is 1. The topological polar surface area (TPSA) is 81.2 Å². The minimum absolute atomic E-state index is 0.0647. The lowest BCUT2D eigenvalue weighted by Crippen LogP contribution is -2.35. The van der Waals surface area contributed by atoms with Crippen molar-refractivity contribution in [3.05, 3.63) is 58.5 Å². The first-order chi connectivity index (χ1) is 12.2. The molecule has 128 valence electrons. The Balaban J connectivity index is 1.37. The third kappa shape index (κ3) is 3.05. The molecule has 0 unspecified atom stereocenters. The SMILES string of the molecule is O=C(CCCn1cnc2ccccc2c1=O)N1CCc2nocc2C1. The largest absolute Gasteiger partial charge is 0.364 e. The van der Waals surface area contributed by atoms with E-state index in [1.54, 1.807) is 23.2 Å². The molecule has 1 aliphatic rings. The van der Waals surface area contributed by atoms with Gasteiger partial charge in [-0.3, -0.25) is 14.2 Å². The summed E-state index contributed by atoms with van der Waals surface area (Å²) in [6.07, 6.45) is 4.89. The summed E-state index contributed by atoms with van der Waals surface area (Å²) in [6, 6.07) is 7.28. The maximum Gasteiger partial charge on any atom is 0.261 e. The van der Waals surface area contributed by atoms with Crippen molar-refractivity contribution in [2.24, 2.45) is 0 Å². The first-order valence-corrected chi connectivity index (χ1v) is 8.36. The molecule has 0 radical (unpaired) electrons. The molecule has 3 heterocycles. The molecule has 7 heteroatoms. The first-order valence-electron chi connectivity index (χ1n) is 8.36. The van der Waals surface area contributed by atoms with Crippen molar-refractivity contribution in [3.8, 4) is 0 Å². The van der Waals surface area contributed by atoms with E-state index in [0.717, 1.165) is 17.7 Å². The second-order valence-corrected chi connectivity index (χ2v) is 6.22. The van der Waals surface area contributed by atoms with E-state index in [2.05, 4.69) is 10.1 Å². The molecule has 0 fully saturated rings. The molecule has 0 atom stereocenters. The number of aromatic nitrogens is 3. The van der Waals surface area contributed by atoms with Gasteiger partial charge < -0.3 is 9.42 Å². The van der Waals surface area contributed by atoms with Gasteiger partial charge in [-0.15, -0.1) is 0 Å². The molecule has 0 saturated carbocycles. The molecule has 25 heavy (non-hydrogen) atoms. The third-order valence-electron chi connectivity index (χ3n) is 4.58. The van der Waals surface area contributed by atoms with Crippen LogP contribution in [0.3, 0.4) is 0 Å². The van der Waals surface area contributed by atoms with Gasteiger partial charge >= 0.3 is 0 Å². The number of amides is 1. The van der Waals surface area contributed by atoms with Crippen molar-refractivity contribution < 1.29 is 9.32 Å². The Morgan fingerprint density at radius 2 is 2.16 bits per heavy atom. The van der Waals surface area contributed by atoms with Crippen LogP contribution in [0.2, 0.25) is 0 Å². The van der Waals surface area contributed by atoms with Gasteiger partial charge in [0.1, 0.15) is 6.26 Å². The molecule has 0 bridgehead atoms. The predicted octanol–water partition coefficient (Wildman–Crippen LogP) is 1.75.